The number of benzene rings is 2. The number of likely N-dealkylation sites (tertiary alicyclic amines) is 1. The standard InChI is InChI=1S/C25H30N2O3/c1-18-6-5-9-24(19(18)2)30-17-22(28)16-27-12-10-25(29,11-13-27)21-14-20-7-3-4-8-23(20)26-15-21/h3-9,14-15,22,28-29H,10-13,16-17H2,1-2H3/t22-/m0/s1. The van der Waals surface area contributed by atoms with Crippen LogP contribution < -0.4 is 4.74 Å². The van der Waals surface area contributed by atoms with Crippen molar-refractivity contribution in [2.75, 3.05) is 26.2 Å². The summed E-state index contributed by atoms with van der Waals surface area (Å²) in [7, 11) is 0. The first-order valence-electron chi connectivity index (χ1n) is 10.6. The quantitative estimate of drug-likeness (QED) is 0.655. The van der Waals surface area contributed by atoms with Crippen molar-refractivity contribution in [3.05, 3.63) is 71.4 Å². The molecule has 4 rings (SSSR count). The average molecular weight is 407 g/mol. The SMILES string of the molecule is Cc1cccc(OC[C@@H](O)CN2CCC(O)(c3cnc4ccccc4c3)CC2)c1C. The van der Waals surface area contributed by atoms with Gasteiger partial charge in [-0.2, -0.15) is 0 Å². The summed E-state index contributed by atoms with van der Waals surface area (Å²) in [6.07, 6.45) is 2.47. The number of aromatic nitrogens is 1. The molecular formula is C25H30N2O3. The van der Waals surface area contributed by atoms with Crippen molar-refractivity contribution >= 4 is 10.9 Å². The highest BCUT2D eigenvalue weighted by atomic mass is 16.5. The van der Waals surface area contributed by atoms with Gasteiger partial charge in [-0.3, -0.25) is 4.98 Å². The number of fused-ring (bicyclic) bond motifs is 1. The first kappa shape index (κ1) is 20.8. The van der Waals surface area contributed by atoms with Crippen molar-refractivity contribution in [1.29, 1.82) is 0 Å². The summed E-state index contributed by atoms with van der Waals surface area (Å²) >= 11 is 0. The maximum Gasteiger partial charge on any atom is 0.122 e. The van der Waals surface area contributed by atoms with Gasteiger partial charge >= 0.3 is 0 Å². The van der Waals surface area contributed by atoms with Crippen molar-refractivity contribution in [1.82, 2.24) is 9.88 Å². The molecule has 2 heterocycles. The number of piperidine rings is 1. The molecule has 1 atom stereocenters. The van der Waals surface area contributed by atoms with Gasteiger partial charge in [-0.1, -0.05) is 30.3 Å². The van der Waals surface area contributed by atoms with Crippen molar-refractivity contribution < 1.29 is 14.9 Å². The van der Waals surface area contributed by atoms with E-state index >= 15 is 0 Å². The summed E-state index contributed by atoms with van der Waals surface area (Å²) < 4.78 is 5.84. The molecule has 30 heavy (non-hydrogen) atoms. The number of rotatable bonds is 6. The molecule has 1 aromatic heterocycles. The fourth-order valence-electron chi connectivity index (χ4n) is 4.14. The Labute approximate surface area is 177 Å². The Kier molecular flexibility index (Phi) is 6.04. The van der Waals surface area contributed by atoms with E-state index in [1.54, 1.807) is 6.20 Å². The molecule has 1 aliphatic heterocycles. The van der Waals surface area contributed by atoms with Crippen LogP contribution in [0.4, 0.5) is 0 Å². The number of aliphatic hydroxyl groups excluding tert-OH is 1. The van der Waals surface area contributed by atoms with E-state index in [1.165, 1.54) is 5.56 Å². The molecule has 158 valence electrons. The molecule has 0 saturated carbocycles. The highest BCUT2D eigenvalue weighted by Gasteiger charge is 2.34. The molecule has 5 heteroatoms. The fraction of sp³-hybridized carbons (Fsp3) is 0.400. The van der Waals surface area contributed by atoms with Crippen molar-refractivity contribution in [2.24, 2.45) is 0 Å². The lowest BCUT2D eigenvalue weighted by atomic mass is 9.84. The van der Waals surface area contributed by atoms with Crippen LogP contribution in [0.25, 0.3) is 10.9 Å². The third-order valence-electron chi connectivity index (χ3n) is 6.27. The normalized spacial score (nSPS) is 17.7. The van der Waals surface area contributed by atoms with Gasteiger partial charge in [0.1, 0.15) is 18.5 Å². The van der Waals surface area contributed by atoms with Crippen LogP contribution in [-0.4, -0.2) is 52.4 Å². The van der Waals surface area contributed by atoms with E-state index in [4.69, 9.17) is 4.74 Å². The Hall–Kier alpha value is -2.47. The fourth-order valence-corrected chi connectivity index (χ4v) is 4.14. The van der Waals surface area contributed by atoms with Crippen LogP contribution in [0, 0.1) is 13.8 Å². The second-order valence-electron chi connectivity index (χ2n) is 8.41. The minimum Gasteiger partial charge on any atom is -0.491 e. The molecule has 1 saturated heterocycles. The molecule has 0 aliphatic carbocycles. The minimum atomic E-state index is -0.867. The van der Waals surface area contributed by atoms with Crippen molar-refractivity contribution in [3.8, 4) is 5.75 Å². The maximum atomic E-state index is 11.2. The molecule has 0 bridgehead atoms. The lowest BCUT2D eigenvalue weighted by molar-refractivity contribution is -0.0373. The van der Waals surface area contributed by atoms with Crippen LogP contribution in [0.15, 0.2) is 54.7 Å². The second kappa shape index (κ2) is 8.72. The van der Waals surface area contributed by atoms with Crippen LogP contribution >= 0.6 is 0 Å². The minimum absolute atomic E-state index is 0.264. The second-order valence-corrected chi connectivity index (χ2v) is 8.41. The Balaban J connectivity index is 1.31. The van der Waals surface area contributed by atoms with E-state index in [0.717, 1.165) is 40.9 Å². The van der Waals surface area contributed by atoms with Gasteiger partial charge in [0.2, 0.25) is 0 Å². The molecule has 2 N–H and O–H groups in total. The number of hydrogen-bond acceptors (Lipinski definition) is 5. The predicted molar refractivity (Wildman–Crippen MR) is 119 cm³/mol. The lowest BCUT2D eigenvalue weighted by Crippen LogP contribution is -2.46. The molecule has 0 unspecified atom stereocenters. The van der Waals surface area contributed by atoms with Gasteiger partial charge in [0, 0.05) is 36.8 Å². The highest BCUT2D eigenvalue weighted by Crippen LogP contribution is 2.33. The summed E-state index contributed by atoms with van der Waals surface area (Å²) in [6, 6.07) is 16.0. The third-order valence-corrected chi connectivity index (χ3v) is 6.27. The van der Waals surface area contributed by atoms with Gasteiger partial charge in [0.25, 0.3) is 0 Å². The van der Waals surface area contributed by atoms with Crippen LogP contribution in [0.2, 0.25) is 0 Å². The maximum absolute atomic E-state index is 11.2. The Morgan fingerprint density at radius 2 is 1.87 bits per heavy atom. The first-order valence-corrected chi connectivity index (χ1v) is 10.6. The molecule has 5 nitrogen and oxygen atoms in total. The van der Waals surface area contributed by atoms with Gasteiger partial charge in [0.15, 0.2) is 0 Å². The summed E-state index contributed by atoms with van der Waals surface area (Å²) in [4.78, 5) is 6.70. The molecule has 2 aromatic carbocycles. The van der Waals surface area contributed by atoms with Gasteiger partial charge in [-0.05, 0) is 56.0 Å². The van der Waals surface area contributed by atoms with Gasteiger partial charge in [-0.25, -0.2) is 0 Å². The molecule has 0 spiro atoms. The summed E-state index contributed by atoms with van der Waals surface area (Å²) in [5.74, 6) is 0.825. The number of hydrogen-bond donors (Lipinski definition) is 2. The van der Waals surface area contributed by atoms with Gasteiger partial charge in [0.05, 0.1) is 11.1 Å². The summed E-state index contributed by atoms with van der Waals surface area (Å²) in [5, 5.41) is 22.7. The van der Waals surface area contributed by atoms with E-state index in [9.17, 15) is 10.2 Å². The molecule has 1 fully saturated rings. The largest absolute Gasteiger partial charge is 0.491 e. The highest BCUT2D eigenvalue weighted by molar-refractivity contribution is 5.78. The Morgan fingerprint density at radius 1 is 1.10 bits per heavy atom. The predicted octanol–water partition coefficient (Wildman–Crippen LogP) is 3.57. The Bertz CT molecular complexity index is 1010. The number of β-amino-alcohol motifs (C(OH)–C–C–N with tert-alkyl or cyclic N) is 1. The zero-order chi connectivity index (χ0) is 21.1. The first-order chi connectivity index (χ1) is 14.4. The monoisotopic (exact) mass is 406 g/mol. The zero-order valence-corrected chi connectivity index (χ0v) is 17.7. The van der Waals surface area contributed by atoms with E-state index in [-0.39, 0.29) is 6.61 Å². The van der Waals surface area contributed by atoms with E-state index in [0.29, 0.717) is 19.4 Å². The molecular weight excluding hydrogens is 376 g/mol. The van der Waals surface area contributed by atoms with E-state index in [2.05, 4.69) is 22.9 Å². The van der Waals surface area contributed by atoms with Gasteiger partial charge in [-0.15, -0.1) is 0 Å². The summed E-state index contributed by atoms with van der Waals surface area (Å²) in [5.41, 5.74) is 3.24. The van der Waals surface area contributed by atoms with Crippen molar-refractivity contribution in [2.45, 2.75) is 38.4 Å². The van der Waals surface area contributed by atoms with Crippen LogP contribution in [0.1, 0.15) is 29.5 Å². The smallest absolute Gasteiger partial charge is 0.122 e. The Morgan fingerprint density at radius 3 is 2.67 bits per heavy atom. The van der Waals surface area contributed by atoms with Crippen molar-refractivity contribution in [3.63, 3.8) is 0 Å². The topological polar surface area (TPSA) is 65.8 Å². The number of nitrogens with zero attached hydrogens (tertiary/aromatic N) is 2. The van der Waals surface area contributed by atoms with Crippen LogP contribution in [0.5, 0.6) is 5.75 Å². The van der Waals surface area contributed by atoms with Crippen LogP contribution in [0.3, 0.4) is 0 Å². The molecule has 0 amide bonds. The van der Waals surface area contributed by atoms with E-state index < -0.39 is 11.7 Å². The number of aryl methyl sites for hydroxylation is 1. The zero-order valence-electron chi connectivity index (χ0n) is 17.7. The van der Waals surface area contributed by atoms with E-state index in [1.807, 2.05) is 49.4 Å². The average Bonchev–Trinajstić information content (AvgIpc) is 2.76. The third kappa shape index (κ3) is 4.48. The summed E-state index contributed by atoms with van der Waals surface area (Å²) in [6.45, 7) is 6.34. The molecule has 0 radical (unpaired) electrons. The molecule has 3 aromatic rings. The van der Waals surface area contributed by atoms with Crippen LogP contribution in [-0.2, 0) is 5.60 Å². The number of aliphatic hydroxyl groups is 2. The number of ether oxygens (including phenoxy) is 1. The van der Waals surface area contributed by atoms with Gasteiger partial charge < -0.3 is 19.8 Å². The number of pyridine rings is 1. The molecule has 1 aliphatic rings. The lowest BCUT2D eigenvalue weighted by Gasteiger charge is -2.39. The number of para-hydroxylation sites is 1.